The number of ether oxygens (including phenoxy) is 1. The van der Waals surface area contributed by atoms with Gasteiger partial charge in [-0.3, -0.25) is 10.2 Å². The Bertz CT molecular complexity index is 737. The molecule has 1 aromatic heterocycles. The van der Waals surface area contributed by atoms with E-state index in [0.29, 0.717) is 17.4 Å². The van der Waals surface area contributed by atoms with E-state index in [2.05, 4.69) is 31.4 Å². The molecular formula is C14H12BrF2N3O2S. The van der Waals surface area contributed by atoms with Gasteiger partial charge in [0.05, 0.1) is 29.4 Å². The predicted molar refractivity (Wildman–Crippen MR) is 87.7 cm³/mol. The predicted octanol–water partition coefficient (Wildman–Crippen LogP) is 3.74. The molecule has 0 aliphatic rings. The number of anilines is 1. The fourth-order valence-electron chi connectivity index (χ4n) is 1.63. The molecule has 1 aromatic carbocycles. The molecule has 9 heteroatoms. The molecule has 0 amide bonds. The molecule has 0 unspecified atom stereocenters. The number of hydrogen-bond donors (Lipinski definition) is 1. The molecule has 2 rings (SSSR count). The highest BCUT2D eigenvalue weighted by molar-refractivity contribution is 9.10. The van der Waals surface area contributed by atoms with Crippen LogP contribution in [-0.2, 0) is 16.0 Å². The molecule has 0 spiro atoms. The summed E-state index contributed by atoms with van der Waals surface area (Å²) >= 11 is 4.27. The Labute approximate surface area is 143 Å². The van der Waals surface area contributed by atoms with Crippen molar-refractivity contribution in [1.29, 1.82) is 0 Å². The van der Waals surface area contributed by atoms with Crippen molar-refractivity contribution < 1.29 is 18.3 Å². The minimum atomic E-state index is -0.711. The molecule has 1 heterocycles. The zero-order valence-electron chi connectivity index (χ0n) is 12.0. The minimum absolute atomic E-state index is 0.0798. The van der Waals surface area contributed by atoms with Gasteiger partial charge in [-0.2, -0.15) is 5.10 Å². The average Bonchev–Trinajstić information content (AvgIpc) is 2.91. The lowest BCUT2D eigenvalue weighted by atomic mass is 10.2. The molecule has 0 fully saturated rings. The topological polar surface area (TPSA) is 63.6 Å². The number of hydrazone groups is 1. The van der Waals surface area contributed by atoms with Gasteiger partial charge in [0.25, 0.3) is 0 Å². The standard InChI is InChI=1S/C14H12BrF2N3O2S/c1-2-22-12(21)5-10-7-23-14(19-10)20-18-6-8-3-9(16)4-11(17)13(8)15/h3-4,6-7H,2,5H2,1H3,(H,19,20). The summed E-state index contributed by atoms with van der Waals surface area (Å²) in [6, 6.07) is 1.92. The molecule has 122 valence electrons. The summed E-state index contributed by atoms with van der Waals surface area (Å²) in [4.78, 5) is 15.5. The summed E-state index contributed by atoms with van der Waals surface area (Å²) in [6.07, 6.45) is 1.35. The van der Waals surface area contributed by atoms with Crippen molar-refractivity contribution in [2.45, 2.75) is 13.3 Å². The van der Waals surface area contributed by atoms with Gasteiger partial charge in [0.2, 0.25) is 5.13 Å². The van der Waals surface area contributed by atoms with E-state index >= 15 is 0 Å². The molecule has 1 N–H and O–H groups in total. The largest absolute Gasteiger partial charge is 0.466 e. The van der Waals surface area contributed by atoms with Crippen molar-refractivity contribution >= 4 is 44.6 Å². The Morgan fingerprint density at radius 2 is 2.30 bits per heavy atom. The Morgan fingerprint density at radius 3 is 3.04 bits per heavy atom. The average molecular weight is 404 g/mol. The molecule has 0 aliphatic heterocycles. The number of halogens is 3. The van der Waals surface area contributed by atoms with Crippen LogP contribution in [0.5, 0.6) is 0 Å². The molecule has 0 radical (unpaired) electrons. The molecule has 0 aliphatic carbocycles. The zero-order chi connectivity index (χ0) is 16.8. The molecule has 0 bridgehead atoms. The summed E-state index contributed by atoms with van der Waals surface area (Å²) in [5.41, 5.74) is 3.45. The summed E-state index contributed by atoms with van der Waals surface area (Å²) in [7, 11) is 0. The second-order valence-corrected chi connectivity index (χ2v) is 5.94. The Hall–Kier alpha value is -1.87. The van der Waals surface area contributed by atoms with Crippen molar-refractivity contribution in [3.63, 3.8) is 0 Å². The number of aromatic nitrogens is 1. The summed E-state index contributed by atoms with van der Waals surface area (Å²) in [6.45, 7) is 2.05. The van der Waals surface area contributed by atoms with E-state index in [9.17, 15) is 13.6 Å². The van der Waals surface area contributed by atoms with Gasteiger partial charge in [0.15, 0.2) is 0 Å². The monoisotopic (exact) mass is 403 g/mol. The van der Waals surface area contributed by atoms with Crippen LogP contribution in [0.15, 0.2) is 27.1 Å². The van der Waals surface area contributed by atoms with E-state index in [-0.39, 0.29) is 22.4 Å². The van der Waals surface area contributed by atoms with Crippen LogP contribution in [0, 0.1) is 11.6 Å². The van der Waals surface area contributed by atoms with E-state index in [1.165, 1.54) is 17.6 Å². The van der Waals surface area contributed by atoms with Crippen LogP contribution in [0.3, 0.4) is 0 Å². The first-order valence-corrected chi connectivity index (χ1v) is 8.20. The van der Waals surface area contributed by atoms with Gasteiger partial charge < -0.3 is 4.74 Å². The number of nitrogens with one attached hydrogen (secondary N) is 1. The molecule has 23 heavy (non-hydrogen) atoms. The lowest BCUT2D eigenvalue weighted by Crippen LogP contribution is -2.07. The smallest absolute Gasteiger partial charge is 0.311 e. The number of carbonyl (C=O) groups excluding carboxylic acids is 1. The fourth-order valence-corrected chi connectivity index (χ4v) is 2.62. The number of nitrogens with zero attached hydrogens (tertiary/aromatic N) is 2. The maximum Gasteiger partial charge on any atom is 0.311 e. The van der Waals surface area contributed by atoms with Crippen LogP contribution >= 0.6 is 27.3 Å². The Morgan fingerprint density at radius 1 is 1.52 bits per heavy atom. The number of thiazole rings is 1. The second kappa shape index (κ2) is 8.11. The molecule has 0 saturated heterocycles. The number of benzene rings is 1. The van der Waals surface area contributed by atoms with Crippen LogP contribution < -0.4 is 5.43 Å². The van der Waals surface area contributed by atoms with Gasteiger partial charge in [-0.1, -0.05) is 0 Å². The van der Waals surface area contributed by atoms with Gasteiger partial charge in [-0.05, 0) is 28.9 Å². The van der Waals surface area contributed by atoms with E-state index in [0.717, 1.165) is 12.1 Å². The third kappa shape index (κ3) is 5.07. The van der Waals surface area contributed by atoms with Crippen molar-refractivity contribution in [2.75, 3.05) is 12.0 Å². The Balaban J connectivity index is 1.99. The normalized spacial score (nSPS) is 11.0. The third-order valence-corrected chi connectivity index (χ3v) is 4.20. The van der Waals surface area contributed by atoms with Crippen molar-refractivity contribution in [3.05, 3.63) is 44.9 Å². The lowest BCUT2D eigenvalue weighted by Gasteiger charge is -2.00. The first-order valence-electron chi connectivity index (χ1n) is 6.53. The maximum absolute atomic E-state index is 13.4. The highest BCUT2D eigenvalue weighted by atomic mass is 79.9. The first kappa shape index (κ1) is 17.5. The summed E-state index contributed by atoms with van der Waals surface area (Å²) in [5.74, 6) is -1.76. The van der Waals surface area contributed by atoms with Gasteiger partial charge in [0.1, 0.15) is 11.6 Å². The Kier molecular flexibility index (Phi) is 6.17. The van der Waals surface area contributed by atoms with E-state index in [1.54, 1.807) is 12.3 Å². The van der Waals surface area contributed by atoms with Crippen LogP contribution in [0.4, 0.5) is 13.9 Å². The maximum atomic E-state index is 13.4. The zero-order valence-corrected chi connectivity index (χ0v) is 14.4. The van der Waals surface area contributed by atoms with E-state index in [1.807, 2.05) is 0 Å². The molecule has 5 nitrogen and oxygen atoms in total. The molecule has 0 saturated carbocycles. The van der Waals surface area contributed by atoms with Crippen LogP contribution in [-0.4, -0.2) is 23.8 Å². The van der Waals surface area contributed by atoms with E-state index < -0.39 is 11.6 Å². The molecule has 2 aromatic rings. The summed E-state index contributed by atoms with van der Waals surface area (Å²) in [5, 5.41) is 6.03. The van der Waals surface area contributed by atoms with Gasteiger partial charge in [-0.25, -0.2) is 13.8 Å². The first-order chi connectivity index (χ1) is 11.0. The number of hydrogen-bond acceptors (Lipinski definition) is 6. The molecule has 0 atom stereocenters. The molecular weight excluding hydrogens is 392 g/mol. The van der Waals surface area contributed by atoms with E-state index in [4.69, 9.17) is 4.74 Å². The second-order valence-electron chi connectivity index (χ2n) is 4.29. The quantitative estimate of drug-likeness (QED) is 0.345. The van der Waals surface area contributed by atoms with Gasteiger partial charge >= 0.3 is 5.97 Å². The van der Waals surface area contributed by atoms with Gasteiger partial charge in [-0.15, -0.1) is 11.3 Å². The summed E-state index contributed by atoms with van der Waals surface area (Å²) < 4.78 is 31.4. The van der Waals surface area contributed by atoms with Crippen LogP contribution in [0.25, 0.3) is 0 Å². The number of carbonyl (C=O) groups is 1. The van der Waals surface area contributed by atoms with Crippen molar-refractivity contribution in [3.8, 4) is 0 Å². The van der Waals surface area contributed by atoms with Crippen LogP contribution in [0.2, 0.25) is 0 Å². The number of rotatable bonds is 6. The fraction of sp³-hybridized carbons (Fsp3) is 0.214. The highest BCUT2D eigenvalue weighted by Gasteiger charge is 2.09. The lowest BCUT2D eigenvalue weighted by molar-refractivity contribution is -0.142. The third-order valence-electron chi connectivity index (χ3n) is 2.57. The minimum Gasteiger partial charge on any atom is -0.466 e. The van der Waals surface area contributed by atoms with Gasteiger partial charge in [0, 0.05) is 17.0 Å². The SMILES string of the molecule is CCOC(=O)Cc1csc(NN=Cc2cc(F)cc(F)c2Br)n1. The van der Waals surface area contributed by atoms with Crippen molar-refractivity contribution in [1.82, 2.24) is 4.98 Å². The number of esters is 1. The van der Waals surface area contributed by atoms with Crippen molar-refractivity contribution in [2.24, 2.45) is 5.10 Å². The highest BCUT2D eigenvalue weighted by Crippen LogP contribution is 2.21. The van der Waals surface area contributed by atoms with Crippen LogP contribution in [0.1, 0.15) is 18.2 Å².